The minimum atomic E-state index is -0.954. The summed E-state index contributed by atoms with van der Waals surface area (Å²) in [5.74, 6) is -3.16. The van der Waals surface area contributed by atoms with Crippen molar-refractivity contribution in [3.05, 3.63) is 41.6 Å². The lowest BCUT2D eigenvalue weighted by Gasteiger charge is -2.36. The number of aromatic nitrogens is 1. The molecule has 2 fully saturated rings. The van der Waals surface area contributed by atoms with Gasteiger partial charge in [0.05, 0.1) is 11.5 Å². The maximum Gasteiger partial charge on any atom is 0.309 e. The van der Waals surface area contributed by atoms with Crippen LogP contribution in [0.2, 0.25) is 0 Å². The summed E-state index contributed by atoms with van der Waals surface area (Å²) in [7, 11) is 0. The Labute approximate surface area is 165 Å². The number of carbonyl (C=O) groups excluding carboxylic acids is 1. The number of likely N-dealkylation sites (tertiary alicyclic amines) is 1. The number of benzene rings is 1. The fraction of sp³-hybridized carbons (Fsp3) is 0.450. The van der Waals surface area contributed by atoms with E-state index in [1.165, 1.54) is 25.0 Å². The number of carbonyl (C=O) groups is 2. The van der Waals surface area contributed by atoms with Crippen LogP contribution in [0.1, 0.15) is 29.8 Å². The number of nitrogens with one attached hydrogen (secondary N) is 1. The van der Waals surface area contributed by atoms with Crippen molar-refractivity contribution < 1.29 is 28.0 Å². The highest BCUT2D eigenvalue weighted by molar-refractivity contribution is 5.93. The van der Waals surface area contributed by atoms with Crippen molar-refractivity contribution in [3.8, 4) is 11.3 Å². The number of aliphatic carboxylic acids is 1. The predicted octanol–water partition coefficient (Wildman–Crippen LogP) is 2.53. The van der Waals surface area contributed by atoms with E-state index in [0.29, 0.717) is 24.9 Å². The molecule has 1 amide bonds. The van der Waals surface area contributed by atoms with E-state index >= 15 is 0 Å². The van der Waals surface area contributed by atoms with Crippen LogP contribution in [0.4, 0.5) is 8.78 Å². The van der Waals surface area contributed by atoms with Crippen LogP contribution in [-0.4, -0.2) is 52.7 Å². The molecule has 2 aromatic rings. The Morgan fingerprint density at radius 1 is 1.24 bits per heavy atom. The van der Waals surface area contributed by atoms with Gasteiger partial charge in [0.25, 0.3) is 5.91 Å². The molecular weight excluding hydrogens is 384 g/mol. The Hall–Kier alpha value is -2.81. The first-order valence-electron chi connectivity index (χ1n) is 9.59. The zero-order valence-electron chi connectivity index (χ0n) is 15.6. The Bertz CT molecular complexity index is 928. The van der Waals surface area contributed by atoms with E-state index in [9.17, 15) is 23.5 Å². The molecule has 0 unspecified atom stereocenters. The van der Waals surface area contributed by atoms with E-state index < -0.39 is 35.5 Å². The van der Waals surface area contributed by atoms with Crippen LogP contribution in [0, 0.1) is 23.5 Å². The van der Waals surface area contributed by atoms with E-state index in [0.717, 1.165) is 19.2 Å². The summed E-state index contributed by atoms with van der Waals surface area (Å²) < 4.78 is 32.0. The first kappa shape index (κ1) is 19.5. The molecule has 7 nitrogen and oxygen atoms in total. The minimum Gasteiger partial charge on any atom is -0.481 e. The van der Waals surface area contributed by atoms with Crippen LogP contribution in [-0.2, 0) is 4.79 Å². The first-order chi connectivity index (χ1) is 13.9. The van der Waals surface area contributed by atoms with Gasteiger partial charge in [-0.25, -0.2) is 8.78 Å². The molecule has 9 heteroatoms. The quantitative estimate of drug-likeness (QED) is 0.767. The van der Waals surface area contributed by atoms with Gasteiger partial charge in [-0.1, -0.05) is 5.16 Å². The second-order valence-electron chi connectivity index (χ2n) is 7.72. The number of rotatable bonds is 6. The van der Waals surface area contributed by atoms with E-state index in [1.807, 2.05) is 0 Å². The summed E-state index contributed by atoms with van der Waals surface area (Å²) in [4.78, 5) is 26.4. The number of hydrogen-bond donors (Lipinski definition) is 2. The maximum atomic E-state index is 13.9. The molecule has 154 valence electrons. The van der Waals surface area contributed by atoms with Gasteiger partial charge in [0.1, 0.15) is 11.6 Å². The molecule has 1 saturated carbocycles. The van der Waals surface area contributed by atoms with Crippen molar-refractivity contribution in [3.63, 3.8) is 0 Å². The normalized spacial score (nSPS) is 22.4. The molecule has 1 aliphatic carbocycles. The SMILES string of the molecule is O=C(N[C@@H]1CCN(CC2CC2)C[C@H]1C(=O)O)c1cc(-c2ccc(F)cc2F)on1. The van der Waals surface area contributed by atoms with Gasteiger partial charge in [0, 0.05) is 37.8 Å². The predicted molar refractivity (Wildman–Crippen MR) is 98.0 cm³/mol. The molecule has 2 heterocycles. The van der Waals surface area contributed by atoms with Crippen LogP contribution >= 0.6 is 0 Å². The highest BCUT2D eigenvalue weighted by atomic mass is 19.1. The zero-order chi connectivity index (χ0) is 20.5. The molecular formula is C20H21F2N3O4. The molecule has 2 atom stereocenters. The first-order valence-corrected chi connectivity index (χ1v) is 9.59. The Kier molecular flexibility index (Phi) is 5.31. The highest BCUT2D eigenvalue weighted by Gasteiger charge is 2.37. The van der Waals surface area contributed by atoms with E-state index in [4.69, 9.17) is 4.52 Å². The summed E-state index contributed by atoms with van der Waals surface area (Å²) in [5.41, 5.74) is -0.108. The molecule has 1 aromatic heterocycles. The van der Waals surface area contributed by atoms with E-state index in [1.54, 1.807) is 0 Å². The fourth-order valence-electron chi connectivity index (χ4n) is 3.71. The minimum absolute atomic E-state index is 0.0123. The Balaban J connectivity index is 1.43. The number of nitrogens with zero attached hydrogens (tertiary/aromatic N) is 2. The van der Waals surface area contributed by atoms with Crippen LogP contribution in [0.3, 0.4) is 0 Å². The van der Waals surface area contributed by atoms with Gasteiger partial charge in [-0.2, -0.15) is 0 Å². The number of hydrogen-bond acceptors (Lipinski definition) is 5. The van der Waals surface area contributed by atoms with Crippen LogP contribution in [0.25, 0.3) is 11.3 Å². The largest absolute Gasteiger partial charge is 0.481 e. The van der Waals surface area contributed by atoms with Crippen molar-refractivity contribution in [1.82, 2.24) is 15.4 Å². The van der Waals surface area contributed by atoms with Gasteiger partial charge in [-0.15, -0.1) is 0 Å². The lowest BCUT2D eigenvalue weighted by Crippen LogP contribution is -2.53. The van der Waals surface area contributed by atoms with Crippen molar-refractivity contribution in [2.45, 2.75) is 25.3 Å². The molecule has 0 bridgehead atoms. The molecule has 0 radical (unpaired) electrons. The third-order valence-corrected chi connectivity index (χ3v) is 5.48. The second-order valence-corrected chi connectivity index (χ2v) is 7.72. The topological polar surface area (TPSA) is 95.7 Å². The summed E-state index contributed by atoms with van der Waals surface area (Å²) in [5, 5.41) is 16.0. The maximum absolute atomic E-state index is 13.9. The van der Waals surface area contributed by atoms with E-state index in [-0.39, 0.29) is 17.0 Å². The number of carboxylic acid groups (broad SMARTS) is 1. The summed E-state index contributed by atoms with van der Waals surface area (Å²) in [6.07, 6.45) is 2.90. The van der Waals surface area contributed by atoms with Crippen LogP contribution < -0.4 is 5.32 Å². The molecule has 2 aliphatic rings. The van der Waals surface area contributed by atoms with Gasteiger partial charge < -0.3 is 19.8 Å². The van der Waals surface area contributed by atoms with Crippen LogP contribution in [0.15, 0.2) is 28.8 Å². The second kappa shape index (κ2) is 7.90. The molecule has 4 rings (SSSR count). The molecule has 1 aliphatic heterocycles. The molecule has 1 saturated heterocycles. The average Bonchev–Trinajstić information content (AvgIpc) is 3.35. The number of halogens is 2. The third kappa shape index (κ3) is 4.45. The summed E-state index contributed by atoms with van der Waals surface area (Å²) in [6.45, 7) is 2.01. The lowest BCUT2D eigenvalue weighted by atomic mass is 9.91. The summed E-state index contributed by atoms with van der Waals surface area (Å²) in [6, 6.07) is 3.71. The molecule has 1 aromatic carbocycles. The van der Waals surface area contributed by atoms with Gasteiger partial charge in [0.2, 0.25) is 0 Å². The van der Waals surface area contributed by atoms with Crippen LogP contribution in [0.5, 0.6) is 0 Å². The van der Waals surface area contributed by atoms with Gasteiger partial charge in [0.15, 0.2) is 11.5 Å². The number of carboxylic acids is 1. The Morgan fingerprint density at radius 2 is 2.03 bits per heavy atom. The van der Waals surface area contributed by atoms with E-state index in [2.05, 4.69) is 15.4 Å². The Morgan fingerprint density at radius 3 is 2.72 bits per heavy atom. The summed E-state index contributed by atoms with van der Waals surface area (Å²) >= 11 is 0. The monoisotopic (exact) mass is 405 g/mol. The molecule has 2 N–H and O–H groups in total. The fourth-order valence-corrected chi connectivity index (χ4v) is 3.71. The van der Waals surface area contributed by atoms with Crippen molar-refractivity contribution >= 4 is 11.9 Å². The van der Waals surface area contributed by atoms with Crippen molar-refractivity contribution in [2.75, 3.05) is 19.6 Å². The highest BCUT2D eigenvalue weighted by Crippen LogP contribution is 2.31. The van der Waals surface area contributed by atoms with Gasteiger partial charge >= 0.3 is 5.97 Å². The molecule has 0 spiro atoms. The smallest absolute Gasteiger partial charge is 0.309 e. The van der Waals surface area contributed by atoms with Crippen molar-refractivity contribution in [1.29, 1.82) is 0 Å². The van der Waals surface area contributed by atoms with Gasteiger partial charge in [-0.05, 0) is 37.3 Å². The standard InChI is InChI=1S/C20H21F2N3O4/c21-12-3-4-13(15(22)7-12)18-8-17(24-29-18)19(26)23-16-5-6-25(9-11-1-2-11)10-14(16)20(27)28/h3-4,7-8,11,14,16H,1-2,5-6,9-10H2,(H,23,26)(H,27,28)/t14-,16-/m1/s1. The average molecular weight is 405 g/mol. The van der Waals surface area contributed by atoms with Crippen molar-refractivity contribution in [2.24, 2.45) is 11.8 Å². The van der Waals surface area contributed by atoms with Gasteiger partial charge in [-0.3, -0.25) is 9.59 Å². The lowest BCUT2D eigenvalue weighted by molar-refractivity contribution is -0.144. The molecule has 29 heavy (non-hydrogen) atoms. The number of amides is 1. The zero-order valence-corrected chi connectivity index (χ0v) is 15.6. The number of piperidine rings is 1. The third-order valence-electron chi connectivity index (χ3n) is 5.48.